The molecule has 0 aliphatic heterocycles. The van der Waals surface area contributed by atoms with Crippen molar-refractivity contribution in [2.45, 2.75) is 12.8 Å². The monoisotopic (exact) mass is 250 g/mol. The van der Waals surface area contributed by atoms with Gasteiger partial charge in [-0.25, -0.2) is 4.98 Å². The summed E-state index contributed by atoms with van der Waals surface area (Å²) in [5.41, 5.74) is 5.75. The van der Waals surface area contributed by atoms with Gasteiger partial charge in [0.05, 0.1) is 12.5 Å². The van der Waals surface area contributed by atoms with Crippen molar-refractivity contribution in [3.05, 3.63) is 16.1 Å². The summed E-state index contributed by atoms with van der Waals surface area (Å²) in [7, 11) is 1.33. The molecule has 0 bridgehead atoms. The maximum absolute atomic E-state index is 10.9. The van der Waals surface area contributed by atoms with Crippen molar-refractivity contribution in [1.29, 1.82) is 0 Å². The molecule has 84 valence electrons. The SMILES string of the molecule is COC(=O)Cc1csc(CC(N)=O)[nH+]1.[Cl-]. The van der Waals surface area contributed by atoms with E-state index in [9.17, 15) is 9.59 Å². The molecule has 1 rings (SSSR count). The van der Waals surface area contributed by atoms with E-state index in [0.717, 1.165) is 10.7 Å². The van der Waals surface area contributed by atoms with Gasteiger partial charge in [0, 0.05) is 0 Å². The number of hydrogen-bond acceptors (Lipinski definition) is 4. The number of aromatic amines is 1. The smallest absolute Gasteiger partial charge is 0.316 e. The van der Waals surface area contributed by atoms with Crippen molar-refractivity contribution < 1.29 is 31.7 Å². The number of H-pyrrole nitrogens is 1. The largest absolute Gasteiger partial charge is 1.00 e. The second-order valence-electron chi connectivity index (χ2n) is 2.71. The molecule has 1 amide bonds. The van der Waals surface area contributed by atoms with Gasteiger partial charge in [-0.05, 0) is 0 Å². The maximum atomic E-state index is 10.9. The van der Waals surface area contributed by atoms with Gasteiger partial charge in [0.15, 0.2) is 0 Å². The van der Waals surface area contributed by atoms with Gasteiger partial charge in [-0.1, -0.05) is 11.3 Å². The number of primary amides is 1. The molecular weight excluding hydrogens is 240 g/mol. The minimum Gasteiger partial charge on any atom is -1.00 e. The van der Waals surface area contributed by atoms with E-state index in [1.165, 1.54) is 18.4 Å². The number of hydrogen-bond donors (Lipinski definition) is 1. The molecule has 0 fully saturated rings. The van der Waals surface area contributed by atoms with Crippen molar-refractivity contribution in [3.8, 4) is 0 Å². The highest BCUT2D eigenvalue weighted by Crippen LogP contribution is 2.05. The predicted octanol–water partition coefficient (Wildman–Crippen LogP) is -3.69. The van der Waals surface area contributed by atoms with Crippen LogP contribution in [0.4, 0.5) is 0 Å². The molecule has 0 aliphatic carbocycles. The molecule has 1 aromatic rings. The van der Waals surface area contributed by atoms with E-state index >= 15 is 0 Å². The van der Waals surface area contributed by atoms with Gasteiger partial charge >= 0.3 is 5.97 Å². The number of esters is 1. The van der Waals surface area contributed by atoms with Gasteiger partial charge in [0.25, 0.3) is 0 Å². The topological polar surface area (TPSA) is 83.5 Å². The number of nitrogens with two attached hydrogens (primary N) is 1. The number of carbonyl (C=O) groups is 2. The van der Waals surface area contributed by atoms with Crippen LogP contribution in [0.25, 0.3) is 0 Å². The molecule has 15 heavy (non-hydrogen) atoms. The molecule has 3 N–H and O–H groups in total. The lowest BCUT2D eigenvalue weighted by molar-refractivity contribution is -0.392. The van der Waals surface area contributed by atoms with Crippen LogP contribution in [-0.2, 0) is 27.2 Å². The molecule has 1 aromatic heterocycles. The minimum atomic E-state index is -0.396. The number of aromatic nitrogens is 1. The molecule has 0 saturated heterocycles. The second kappa shape index (κ2) is 6.36. The highest BCUT2D eigenvalue weighted by molar-refractivity contribution is 7.09. The van der Waals surface area contributed by atoms with Gasteiger partial charge in [-0.2, -0.15) is 0 Å². The highest BCUT2D eigenvalue weighted by atomic mass is 35.5. The molecule has 0 aliphatic rings. The van der Waals surface area contributed by atoms with Crippen LogP contribution < -0.4 is 23.1 Å². The van der Waals surface area contributed by atoms with Gasteiger partial charge in [-0.15, -0.1) is 0 Å². The summed E-state index contributed by atoms with van der Waals surface area (Å²) in [4.78, 5) is 24.4. The fourth-order valence-electron chi connectivity index (χ4n) is 0.938. The lowest BCUT2D eigenvalue weighted by Crippen LogP contribution is -3.00. The summed E-state index contributed by atoms with van der Waals surface area (Å²) < 4.78 is 4.50. The predicted molar refractivity (Wildman–Crippen MR) is 49.5 cm³/mol. The third kappa shape index (κ3) is 4.75. The zero-order valence-corrected chi connectivity index (χ0v) is 9.65. The number of rotatable bonds is 4. The number of nitrogens with one attached hydrogen (secondary N) is 1. The van der Waals surface area contributed by atoms with Crippen molar-refractivity contribution >= 4 is 23.2 Å². The van der Waals surface area contributed by atoms with Crippen LogP contribution in [0.1, 0.15) is 10.7 Å². The molecule has 0 atom stereocenters. The Kier molecular flexibility index (Phi) is 5.88. The summed E-state index contributed by atoms with van der Waals surface area (Å²) in [6.45, 7) is 0. The number of amides is 1. The number of carbonyl (C=O) groups excluding carboxylic acids is 2. The van der Waals surface area contributed by atoms with Crippen molar-refractivity contribution in [1.82, 2.24) is 0 Å². The third-order valence-corrected chi connectivity index (χ3v) is 2.47. The van der Waals surface area contributed by atoms with E-state index < -0.39 is 5.91 Å². The molecule has 7 heteroatoms. The van der Waals surface area contributed by atoms with Crippen LogP contribution in [-0.4, -0.2) is 19.0 Å². The van der Waals surface area contributed by atoms with Crippen LogP contribution in [0.2, 0.25) is 0 Å². The number of halogens is 1. The summed E-state index contributed by atoms with van der Waals surface area (Å²) in [5.74, 6) is -0.711. The lowest BCUT2D eigenvalue weighted by Gasteiger charge is -1.90. The summed E-state index contributed by atoms with van der Waals surface area (Å²) >= 11 is 1.37. The fourth-order valence-corrected chi connectivity index (χ4v) is 1.78. The Morgan fingerprint density at radius 1 is 1.53 bits per heavy atom. The van der Waals surface area contributed by atoms with Crippen LogP contribution in [0.15, 0.2) is 5.38 Å². The van der Waals surface area contributed by atoms with E-state index in [1.807, 2.05) is 0 Å². The molecule has 5 nitrogen and oxygen atoms in total. The van der Waals surface area contributed by atoms with E-state index in [-0.39, 0.29) is 31.2 Å². The molecule has 0 unspecified atom stereocenters. The maximum Gasteiger partial charge on any atom is 0.316 e. The van der Waals surface area contributed by atoms with E-state index in [1.54, 1.807) is 5.38 Å². The van der Waals surface area contributed by atoms with Crippen LogP contribution in [0.3, 0.4) is 0 Å². The van der Waals surface area contributed by atoms with Gasteiger partial charge in [-0.3, -0.25) is 9.59 Å². The van der Waals surface area contributed by atoms with E-state index in [4.69, 9.17) is 5.73 Å². The zero-order valence-electron chi connectivity index (χ0n) is 8.08. The Labute approximate surface area is 97.0 Å². The van der Waals surface area contributed by atoms with E-state index in [2.05, 4.69) is 9.72 Å². The van der Waals surface area contributed by atoms with Crippen LogP contribution in [0.5, 0.6) is 0 Å². The average molecular weight is 251 g/mol. The number of ether oxygens (including phenoxy) is 1. The molecule has 0 saturated carbocycles. The normalized spacial score (nSPS) is 9.13. The Hall–Kier alpha value is -1.14. The zero-order chi connectivity index (χ0) is 10.6. The lowest BCUT2D eigenvalue weighted by atomic mass is 10.3. The molecule has 1 heterocycles. The Morgan fingerprint density at radius 3 is 2.73 bits per heavy atom. The fraction of sp³-hybridized carbons (Fsp3) is 0.375. The van der Waals surface area contributed by atoms with Crippen molar-refractivity contribution in [3.63, 3.8) is 0 Å². The van der Waals surface area contributed by atoms with Gasteiger partial charge in [0.2, 0.25) is 16.6 Å². The molecule has 0 aromatic carbocycles. The van der Waals surface area contributed by atoms with Crippen LogP contribution >= 0.6 is 11.3 Å². The first kappa shape index (κ1) is 13.9. The molecule has 0 spiro atoms. The number of thiazole rings is 1. The summed E-state index contributed by atoms with van der Waals surface area (Å²) in [6, 6.07) is 0. The first-order chi connectivity index (χ1) is 6.61. The summed E-state index contributed by atoms with van der Waals surface area (Å²) in [6.07, 6.45) is 0.359. The van der Waals surface area contributed by atoms with Crippen LogP contribution in [0, 0.1) is 0 Å². The van der Waals surface area contributed by atoms with Crippen molar-refractivity contribution in [2.75, 3.05) is 7.11 Å². The van der Waals surface area contributed by atoms with E-state index in [0.29, 0.717) is 0 Å². The van der Waals surface area contributed by atoms with Gasteiger partial charge in [0.1, 0.15) is 12.8 Å². The third-order valence-electron chi connectivity index (χ3n) is 1.54. The molecule has 0 radical (unpaired) electrons. The Bertz CT molecular complexity index is 353. The first-order valence-corrected chi connectivity index (χ1v) is 4.83. The first-order valence-electron chi connectivity index (χ1n) is 3.95. The average Bonchev–Trinajstić information content (AvgIpc) is 2.51. The minimum absolute atomic E-state index is 0. The second-order valence-corrected chi connectivity index (χ2v) is 3.67. The Morgan fingerprint density at radius 2 is 2.20 bits per heavy atom. The standard InChI is InChI=1S/C8H10N2O3S.ClH/c1-13-8(12)2-5-4-14-7(10-5)3-6(9)11;/h4H,2-3H2,1H3,(H2,9,11);1H. The van der Waals surface area contributed by atoms with Gasteiger partial charge < -0.3 is 22.9 Å². The molecular formula is C8H11ClN2O3S. The Balaban J connectivity index is 0.00000196. The number of methoxy groups -OCH3 is 1. The quantitative estimate of drug-likeness (QED) is 0.559. The van der Waals surface area contributed by atoms with Crippen molar-refractivity contribution in [2.24, 2.45) is 5.73 Å². The highest BCUT2D eigenvalue weighted by Gasteiger charge is 2.15. The summed E-state index contributed by atoms with van der Waals surface area (Å²) in [5, 5.41) is 2.52.